The summed E-state index contributed by atoms with van der Waals surface area (Å²) < 4.78 is 28.5. The summed E-state index contributed by atoms with van der Waals surface area (Å²) in [5.41, 5.74) is -3.69. The number of aromatic amines is 1. The van der Waals surface area contributed by atoms with Crippen LogP contribution in [-0.2, 0) is 12.5 Å². The number of aromatic nitrogens is 2. The van der Waals surface area contributed by atoms with Crippen molar-refractivity contribution < 1.29 is 13.7 Å². The highest BCUT2D eigenvalue weighted by atomic mass is 19.3. The number of hydrogen-bond donors (Lipinski definition) is 1. The number of alkyl halides is 2. The monoisotopic (exact) mass is 297 g/mol. The van der Waals surface area contributed by atoms with Gasteiger partial charge in [0.15, 0.2) is 0 Å². The normalized spacial score (nSPS) is 11.3. The predicted octanol–water partition coefficient (Wildman–Crippen LogP) is 1.24. The predicted molar refractivity (Wildman–Crippen MR) is 68.3 cm³/mol. The number of nitro groups is 1. The van der Waals surface area contributed by atoms with Crippen molar-refractivity contribution in [2.75, 3.05) is 0 Å². The van der Waals surface area contributed by atoms with Crippen LogP contribution in [0.3, 0.4) is 0 Å². The lowest BCUT2D eigenvalue weighted by Gasteiger charge is -2.17. The Morgan fingerprint density at radius 3 is 2.43 bits per heavy atom. The van der Waals surface area contributed by atoms with Gasteiger partial charge in [-0.2, -0.15) is 8.78 Å². The summed E-state index contributed by atoms with van der Waals surface area (Å²) >= 11 is 0. The van der Waals surface area contributed by atoms with Crippen LogP contribution in [0.25, 0.3) is 0 Å². The van der Waals surface area contributed by atoms with E-state index < -0.39 is 34.3 Å². The van der Waals surface area contributed by atoms with Crippen LogP contribution in [0, 0.1) is 10.1 Å². The largest absolute Gasteiger partial charge is 0.350 e. The van der Waals surface area contributed by atoms with Gasteiger partial charge < -0.3 is 0 Å². The average Bonchev–Trinajstić information content (AvgIpc) is 2.42. The van der Waals surface area contributed by atoms with Crippen molar-refractivity contribution in [1.82, 2.24) is 9.55 Å². The van der Waals surface area contributed by atoms with E-state index in [1.807, 2.05) is 0 Å². The Morgan fingerprint density at radius 1 is 1.24 bits per heavy atom. The summed E-state index contributed by atoms with van der Waals surface area (Å²) in [6, 6.07) is 6.70. The van der Waals surface area contributed by atoms with Gasteiger partial charge in [0.1, 0.15) is 0 Å². The third-order valence-corrected chi connectivity index (χ3v) is 2.75. The molecule has 2 rings (SSSR count). The van der Waals surface area contributed by atoms with Gasteiger partial charge in [0, 0.05) is 5.56 Å². The van der Waals surface area contributed by atoms with E-state index in [2.05, 4.69) is 0 Å². The first-order chi connectivity index (χ1) is 9.81. The fourth-order valence-electron chi connectivity index (χ4n) is 1.73. The molecule has 0 saturated carbocycles. The van der Waals surface area contributed by atoms with Crippen LogP contribution in [0.2, 0.25) is 0 Å². The van der Waals surface area contributed by atoms with Crippen molar-refractivity contribution in [2.45, 2.75) is 12.5 Å². The highest BCUT2D eigenvalue weighted by Gasteiger charge is 2.33. The minimum absolute atomic E-state index is 0.342. The molecule has 0 atom stereocenters. The van der Waals surface area contributed by atoms with Gasteiger partial charge in [-0.05, 0) is 0 Å². The highest BCUT2D eigenvalue weighted by molar-refractivity contribution is 5.22. The zero-order valence-electron chi connectivity index (χ0n) is 10.5. The van der Waals surface area contributed by atoms with Gasteiger partial charge in [0.05, 0.1) is 17.7 Å². The Labute approximate surface area is 115 Å². The summed E-state index contributed by atoms with van der Waals surface area (Å²) in [6.07, 6.45) is 0.512. The maximum absolute atomic E-state index is 14.0. The average molecular weight is 297 g/mol. The molecule has 0 bridgehead atoms. The van der Waals surface area contributed by atoms with Crippen LogP contribution >= 0.6 is 0 Å². The Morgan fingerprint density at radius 2 is 1.86 bits per heavy atom. The molecule has 0 amide bonds. The summed E-state index contributed by atoms with van der Waals surface area (Å²) in [5, 5.41) is 10.6. The van der Waals surface area contributed by atoms with Crippen molar-refractivity contribution in [3.8, 4) is 0 Å². The van der Waals surface area contributed by atoms with Crippen LogP contribution < -0.4 is 11.2 Å². The SMILES string of the molecule is O=c1[nH]c(=O)n(CC(F)(F)c2ccccc2)cc1[N+](=O)[O-]. The first-order valence-corrected chi connectivity index (χ1v) is 5.73. The molecule has 9 heteroatoms. The van der Waals surface area contributed by atoms with Crippen LogP contribution in [0.5, 0.6) is 0 Å². The number of H-pyrrole nitrogens is 1. The van der Waals surface area contributed by atoms with Crippen molar-refractivity contribution >= 4 is 5.69 Å². The Kier molecular flexibility index (Phi) is 3.66. The minimum atomic E-state index is -3.42. The van der Waals surface area contributed by atoms with Gasteiger partial charge in [-0.25, -0.2) is 4.79 Å². The van der Waals surface area contributed by atoms with E-state index in [0.29, 0.717) is 10.8 Å². The van der Waals surface area contributed by atoms with E-state index in [1.165, 1.54) is 24.3 Å². The molecular formula is C12H9F2N3O4. The highest BCUT2D eigenvalue weighted by Crippen LogP contribution is 2.29. The molecule has 0 saturated heterocycles. The second kappa shape index (κ2) is 5.27. The third kappa shape index (κ3) is 3.02. The van der Waals surface area contributed by atoms with E-state index in [9.17, 15) is 28.5 Å². The van der Waals surface area contributed by atoms with Gasteiger partial charge in [-0.15, -0.1) is 0 Å². The van der Waals surface area contributed by atoms with Crippen LogP contribution in [0.15, 0.2) is 46.1 Å². The van der Waals surface area contributed by atoms with Crippen molar-refractivity contribution in [1.29, 1.82) is 0 Å². The maximum Gasteiger partial charge on any atom is 0.350 e. The molecule has 0 fully saturated rings. The summed E-state index contributed by atoms with van der Waals surface area (Å²) in [7, 11) is 0. The fraction of sp³-hybridized carbons (Fsp3) is 0.167. The third-order valence-electron chi connectivity index (χ3n) is 2.75. The summed E-state index contributed by atoms with van der Waals surface area (Å²) in [4.78, 5) is 33.8. The summed E-state index contributed by atoms with van der Waals surface area (Å²) in [6.45, 7) is -1.12. The van der Waals surface area contributed by atoms with E-state index in [4.69, 9.17) is 0 Å². The zero-order valence-corrected chi connectivity index (χ0v) is 10.5. The fourth-order valence-corrected chi connectivity index (χ4v) is 1.73. The topological polar surface area (TPSA) is 98.0 Å². The molecule has 0 aliphatic rings. The number of rotatable bonds is 4. The van der Waals surface area contributed by atoms with E-state index >= 15 is 0 Å². The molecule has 0 spiro atoms. The molecule has 2 aromatic rings. The van der Waals surface area contributed by atoms with Crippen molar-refractivity contribution in [3.63, 3.8) is 0 Å². The first-order valence-electron chi connectivity index (χ1n) is 5.73. The Hall–Kier alpha value is -2.84. The first kappa shape index (κ1) is 14.6. The molecule has 1 aromatic heterocycles. The minimum Gasteiger partial charge on any atom is -0.287 e. The number of nitrogens with zero attached hydrogens (tertiary/aromatic N) is 2. The second-order valence-corrected chi connectivity index (χ2v) is 4.23. The van der Waals surface area contributed by atoms with Crippen molar-refractivity contribution in [2.24, 2.45) is 0 Å². The lowest BCUT2D eigenvalue weighted by molar-refractivity contribution is -0.386. The van der Waals surface area contributed by atoms with Gasteiger partial charge in [0.25, 0.3) is 5.92 Å². The van der Waals surface area contributed by atoms with Crippen LogP contribution in [0.4, 0.5) is 14.5 Å². The van der Waals surface area contributed by atoms with Gasteiger partial charge in [-0.1, -0.05) is 30.3 Å². The number of hydrogen-bond acceptors (Lipinski definition) is 4. The second-order valence-electron chi connectivity index (χ2n) is 4.23. The van der Waals surface area contributed by atoms with Gasteiger partial charge >= 0.3 is 16.9 Å². The smallest absolute Gasteiger partial charge is 0.287 e. The molecule has 1 heterocycles. The molecule has 1 N–H and O–H groups in total. The van der Waals surface area contributed by atoms with Crippen molar-refractivity contribution in [3.05, 3.63) is 73.0 Å². The summed E-state index contributed by atoms with van der Waals surface area (Å²) in [5.74, 6) is -3.42. The molecule has 0 aliphatic heterocycles. The number of halogens is 2. The lowest BCUT2D eigenvalue weighted by Crippen LogP contribution is -2.35. The quantitative estimate of drug-likeness (QED) is 0.678. The maximum atomic E-state index is 14.0. The molecule has 0 unspecified atom stereocenters. The van der Waals surface area contributed by atoms with E-state index in [0.717, 1.165) is 0 Å². The molecule has 21 heavy (non-hydrogen) atoms. The van der Waals surface area contributed by atoms with Crippen LogP contribution in [-0.4, -0.2) is 14.5 Å². The van der Waals surface area contributed by atoms with Gasteiger partial charge in [-0.3, -0.25) is 24.5 Å². The zero-order chi connectivity index (χ0) is 15.6. The van der Waals surface area contributed by atoms with Gasteiger partial charge in [0.2, 0.25) is 0 Å². The molecule has 110 valence electrons. The lowest BCUT2D eigenvalue weighted by atomic mass is 10.1. The Bertz CT molecular complexity index is 783. The molecule has 0 radical (unpaired) electrons. The van der Waals surface area contributed by atoms with Crippen LogP contribution in [0.1, 0.15) is 5.56 Å². The molecule has 0 aliphatic carbocycles. The van der Waals surface area contributed by atoms with E-state index in [-0.39, 0.29) is 5.56 Å². The number of nitrogens with one attached hydrogen (secondary N) is 1. The standard InChI is InChI=1S/C12H9F2N3O4/c13-12(14,8-4-2-1-3-5-8)7-16-6-9(17(20)21)10(18)15-11(16)19/h1-6H,7H2,(H,15,18,19). The molecule has 1 aromatic carbocycles. The molecule has 7 nitrogen and oxygen atoms in total. The Balaban J connectivity index is 2.44. The van der Waals surface area contributed by atoms with E-state index in [1.54, 1.807) is 11.1 Å². The molecular weight excluding hydrogens is 288 g/mol. The number of benzene rings is 1.